The quantitative estimate of drug-likeness (QED) is 0.533. The zero-order valence-corrected chi connectivity index (χ0v) is 14.9. The molecule has 0 bridgehead atoms. The van der Waals surface area contributed by atoms with Gasteiger partial charge in [0.05, 0.1) is 4.92 Å². The summed E-state index contributed by atoms with van der Waals surface area (Å²) in [5.74, 6) is -1.49. The number of carbonyl (C=O) groups excluding carboxylic acids is 3. The number of anilines is 1. The number of amides is 3. The smallest absolute Gasteiger partial charge is 0.288 e. The van der Waals surface area contributed by atoms with Crippen LogP contribution in [0.1, 0.15) is 34.1 Å². The third kappa shape index (κ3) is 5.25. The average Bonchev–Trinajstić information content (AvgIpc) is 2.66. The van der Waals surface area contributed by atoms with Crippen molar-refractivity contribution < 1.29 is 19.3 Å². The summed E-state index contributed by atoms with van der Waals surface area (Å²) in [5.41, 5.74) is 4.69. The highest BCUT2D eigenvalue weighted by molar-refractivity contribution is 6.32. The maximum absolute atomic E-state index is 12.1. The van der Waals surface area contributed by atoms with Crippen LogP contribution in [0.3, 0.4) is 0 Å². The Kier molecular flexibility index (Phi) is 6.45. The molecule has 0 unspecified atom stereocenters. The van der Waals surface area contributed by atoms with Crippen molar-refractivity contribution in [3.63, 3.8) is 0 Å². The lowest BCUT2D eigenvalue weighted by molar-refractivity contribution is -0.384. The standard InChI is InChI=1S/C17H15ClN4O5/c1-2-15(23)19-12-6-3-10(4-7-12)16(24)20-21-17(25)11-5-8-13(18)14(9-11)22(26)27/h3-9H,2H2,1H3,(H,19,23)(H,20,24)(H,21,25). The topological polar surface area (TPSA) is 130 Å². The highest BCUT2D eigenvalue weighted by Crippen LogP contribution is 2.24. The Bertz CT molecular complexity index is 899. The zero-order chi connectivity index (χ0) is 20.0. The number of hydrogen-bond donors (Lipinski definition) is 3. The summed E-state index contributed by atoms with van der Waals surface area (Å²) in [6.07, 6.45) is 0.330. The van der Waals surface area contributed by atoms with Crippen LogP contribution in [0.5, 0.6) is 0 Å². The van der Waals surface area contributed by atoms with Crippen LogP contribution in [-0.2, 0) is 4.79 Å². The van der Waals surface area contributed by atoms with Gasteiger partial charge >= 0.3 is 0 Å². The van der Waals surface area contributed by atoms with Crippen molar-refractivity contribution >= 4 is 40.7 Å². The first kappa shape index (κ1) is 19.9. The first-order valence-electron chi connectivity index (χ1n) is 7.76. The van der Waals surface area contributed by atoms with E-state index >= 15 is 0 Å². The monoisotopic (exact) mass is 390 g/mol. The third-order valence-corrected chi connectivity index (χ3v) is 3.77. The molecule has 3 amide bonds. The summed E-state index contributed by atoms with van der Waals surface area (Å²) >= 11 is 5.69. The Balaban J connectivity index is 1.99. The number of hydrazine groups is 1. The third-order valence-electron chi connectivity index (χ3n) is 3.45. The Morgan fingerprint density at radius 3 is 2.11 bits per heavy atom. The normalized spacial score (nSPS) is 10.0. The summed E-state index contributed by atoms with van der Waals surface area (Å²) in [7, 11) is 0. The molecule has 0 aliphatic rings. The minimum absolute atomic E-state index is 0.0379. The Hall–Kier alpha value is -3.46. The van der Waals surface area contributed by atoms with E-state index < -0.39 is 22.4 Å². The zero-order valence-electron chi connectivity index (χ0n) is 14.1. The number of nitro groups is 1. The molecule has 0 aromatic heterocycles. The molecule has 27 heavy (non-hydrogen) atoms. The number of nitrogens with one attached hydrogen (secondary N) is 3. The van der Waals surface area contributed by atoms with Crippen molar-refractivity contribution in [3.8, 4) is 0 Å². The molecule has 0 aliphatic heterocycles. The molecular weight excluding hydrogens is 376 g/mol. The molecular formula is C17H15ClN4O5. The Morgan fingerprint density at radius 2 is 1.56 bits per heavy atom. The predicted molar refractivity (Wildman–Crippen MR) is 98.4 cm³/mol. The van der Waals surface area contributed by atoms with Crippen LogP contribution in [0.4, 0.5) is 11.4 Å². The molecule has 10 heteroatoms. The number of nitro benzene ring substituents is 1. The van der Waals surface area contributed by atoms with E-state index in [1.807, 2.05) is 0 Å². The van der Waals surface area contributed by atoms with Crippen LogP contribution < -0.4 is 16.2 Å². The van der Waals surface area contributed by atoms with E-state index in [4.69, 9.17) is 11.6 Å². The Morgan fingerprint density at radius 1 is 1.00 bits per heavy atom. The largest absolute Gasteiger partial charge is 0.326 e. The van der Waals surface area contributed by atoms with Crippen LogP contribution in [0, 0.1) is 10.1 Å². The van der Waals surface area contributed by atoms with Gasteiger partial charge in [-0.1, -0.05) is 18.5 Å². The van der Waals surface area contributed by atoms with Crippen molar-refractivity contribution in [1.82, 2.24) is 10.9 Å². The fraction of sp³-hybridized carbons (Fsp3) is 0.118. The van der Waals surface area contributed by atoms with Crippen molar-refractivity contribution in [2.75, 3.05) is 5.32 Å². The van der Waals surface area contributed by atoms with E-state index in [-0.39, 0.29) is 22.1 Å². The summed E-state index contributed by atoms with van der Waals surface area (Å²) in [6, 6.07) is 9.57. The van der Waals surface area contributed by atoms with Gasteiger partial charge in [-0.2, -0.15) is 0 Å². The predicted octanol–water partition coefficient (Wildman–Crippen LogP) is 2.67. The minimum Gasteiger partial charge on any atom is -0.326 e. The molecule has 3 N–H and O–H groups in total. The maximum Gasteiger partial charge on any atom is 0.288 e. The van der Waals surface area contributed by atoms with Gasteiger partial charge in [-0.05, 0) is 36.4 Å². The van der Waals surface area contributed by atoms with Gasteiger partial charge in [0.25, 0.3) is 17.5 Å². The van der Waals surface area contributed by atoms with Gasteiger partial charge in [0.2, 0.25) is 5.91 Å². The molecule has 0 radical (unpaired) electrons. The number of rotatable bonds is 5. The van der Waals surface area contributed by atoms with Gasteiger partial charge in [-0.3, -0.25) is 35.3 Å². The second-order valence-corrected chi connectivity index (χ2v) is 5.72. The second kappa shape index (κ2) is 8.77. The minimum atomic E-state index is -0.741. The summed E-state index contributed by atoms with van der Waals surface area (Å²) in [5, 5.41) is 13.4. The first-order chi connectivity index (χ1) is 12.8. The fourth-order valence-electron chi connectivity index (χ4n) is 2.01. The fourth-order valence-corrected chi connectivity index (χ4v) is 2.19. The summed E-state index contributed by atoms with van der Waals surface area (Å²) in [4.78, 5) is 45.5. The van der Waals surface area contributed by atoms with E-state index in [0.717, 1.165) is 6.07 Å². The van der Waals surface area contributed by atoms with Crippen molar-refractivity contribution in [3.05, 3.63) is 68.7 Å². The number of halogens is 1. The van der Waals surface area contributed by atoms with Gasteiger partial charge in [0.15, 0.2) is 0 Å². The molecule has 9 nitrogen and oxygen atoms in total. The second-order valence-electron chi connectivity index (χ2n) is 5.31. The van der Waals surface area contributed by atoms with Crippen molar-refractivity contribution in [2.45, 2.75) is 13.3 Å². The molecule has 140 valence electrons. The van der Waals surface area contributed by atoms with Crippen LogP contribution in [-0.4, -0.2) is 22.6 Å². The number of carbonyl (C=O) groups is 3. The maximum atomic E-state index is 12.1. The lowest BCUT2D eigenvalue weighted by Gasteiger charge is -2.09. The molecule has 0 fully saturated rings. The first-order valence-corrected chi connectivity index (χ1v) is 8.14. The molecule has 0 heterocycles. The van der Waals surface area contributed by atoms with Crippen molar-refractivity contribution in [2.24, 2.45) is 0 Å². The molecule has 2 rings (SSSR count). The van der Waals surface area contributed by atoms with Crippen LogP contribution in [0.15, 0.2) is 42.5 Å². The van der Waals surface area contributed by atoms with Crippen molar-refractivity contribution in [1.29, 1.82) is 0 Å². The van der Waals surface area contributed by atoms with Crippen LogP contribution in [0.25, 0.3) is 0 Å². The Labute approximate surface area is 158 Å². The molecule has 0 atom stereocenters. The molecule has 0 aliphatic carbocycles. The molecule has 0 saturated carbocycles. The molecule has 0 spiro atoms. The average molecular weight is 391 g/mol. The summed E-state index contributed by atoms with van der Waals surface area (Å²) < 4.78 is 0. The number of hydrogen-bond acceptors (Lipinski definition) is 5. The van der Waals surface area contributed by atoms with Crippen LogP contribution >= 0.6 is 11.6 Å². The SMILES string of the molecule is CCC(=O)Nc1ccc(C(=O)NNC(=O)c2ccc(Cl)c([N+](=O)[O-])c2)cc1. The van der Waals surface area contributed by atoms with Gasteiger partial charge in [-0.15, -0.1) is 0 Å². The highest BCUT2D eigenvalue weighted by atomic mass is 35.5. The molecule has 2 aromatic rings. The molecule has 0 saturated heterocycles. The number of benzene rings is 2. The van der Waals surface area contributed by atoms with Gasteiger partial charge in [0.1, 0.15) is 5.02 Å². The lowest BCUT2D eigenvalue weighted by Crippen LogP contribution is -2.41. The van der Waals surface area contributed by atoms with Gasteiger partial charge < -0.3 is 5.32 Å². The van der Waals surface area contributed by atoms with Crippen LogP contribution in [0.2, 0.25) is 5.02 Å². The van der Waals surface area contributed by atoms with E-state index in [1.54, 1.807) is 19.1 Å². The van der Waals surface area contributed by atoms with E-state index in [0.29, 0.717) is 12.1 Å². The van der Waals surface area contributed by atoms with E-state index in [9.17, 15) is 24.5 Å². The number of nitrogens with zero attached hydrogens (tertiary/aromatic N) is 1. The van der Waals surface area contributed by atoms with E-state index in [2.05, 4.69) is 16.2 Å². The summed E-state index contributed by atoms with van der Waals surface area (Å²) in [6.45, 7) is 1.72. The highest BCUT2D eigenvalue weighted by Gasteiger charge is 2.17. The van der Waals surface area contributed by atoms with Gasteiger partial charge in [-0.25, -0.2) is 0 Å². The lowest BCUT2D eigenvalue weighted by atomic mass is 10.2. The van der Waals surface area contributed by atoms with E-state index in [1.165, 1.54) is 24.3 Å². The molecule has 2 aromatic carbocycles. The van der Waals surface area contributed by atoms with Gasteiger partial charge in [0, 0.05) is 29.3 Å².